The van der Waals surface area contributed by atoms with Gasteiger partial charge in [-0.1, -0.05) is 66.7 Å². The molecule has 1 N–H and O–H groups in total. The lowest BCUT2D eigenvalue weighted by Gasteiger charge is -2.15. The van der Waals surface area contributed by atoms with Crippen molar-refractivity contribution < 1.29 is 27.5 Å². The summed E-state index contributed by atoms with van der Waals surface area (Å²) in [4.78, 5) is 28.3. The van der Waals surface area contributed by atoms with E-state index in [1.165, 1.54) is 10.2 Å². The third-order valence-electron chi connectivity index (χ3n) is 7.03. The van der Waals surface area contributed by atoms with Gasteiger partial charge < -0.3 is 10.1 Å². The van der Waals surface area contributed by atoms with Crippen molar-refractivity contribution in [1.29, 1.82) is 0 Å². The number of hydrogen-bond donors (Lipinski definition) is 1. The van der Waals surface area contributed by atoms with Crippen LogP contribution in [-0.2, 0) is 35.3 Å². The summed E-state index contributed by atoms with van der Waals surface area (Å²) in [6, 6.07) is 20.2. The summed E-state index contributed by atoms with van der Waals surface area (Å²) >= 11 is 0. The first-order chi connectivity index (χ1) is 20.3. The first-order valence-corrected chi connectivity index (χ1v) is 13.7. The lowest BCUT2D eigenvalue weighted by atomic mass is 9.90. The van der Waals surface area contributed by atoms with Crippen molar-refractivity contribution >= 4 is 24.1 Å². The minimum Gasteiger partial charge on any atom is -0.381 e. The Morgan fingerprint density at radius 2 is 1.69 bits per heavy atom. The summed E-state index contributed by atoms with van der Waals surface area (Å²) in [6.45, 7) is 1.58. The van der Waals surface area contributed by atoms with Gasteiger partial charge in [-0.3, -0.25) is 9.67 Å². The van der Waals surface area contributed by atoms with E-state index in [1.807, 2.05) is 18.2 Å². The number of ether oxygens (including phenoxy) is 1. The second-order valence-corrected chi connectivity index (χ2v) is 9.95. The molecule has 0 fully saturated rings. The Labute approximate surface area is 241 Å². The molecule has 0 bridgehead atoms. The second kappa shape index (κ2) is 12.9. The van der Waals surface area contributed by atoms with Gasteiger partial charge in [0.25, 0.3) is 0 Å². The molecule has 0 spiro atoms. The fourth-order valence-corrected chi connectivity index (χ4v) is 4.91. The van der Waals surface area contributed by atoms with E-state index >= 15 is 0 Å². The first-order valence-electron chi connectivity index (χ1n) is 13.7. The van der Waals surface area contributed by atoms with Gasteiger partial charge in [0.2, 0.25) is 0 Å². The number of esters is 2. The van der Waals surface area contributed by atoms with Gasteiger partial charge in [-0.25, -0.2) is 9.59 Å². The lowest BCUT2D eigenvalue weighted by molar-refractivity contribution is -0.193. The van der Waals surface area contributed by atoms with Gasteiger partial charge in [0, 0.05) is 30.1 Å². The van der Waals surface area contributed by atoms with Crippen LogP contribution >= 0.6 is 0 Å². The lowest BCUT2D eigenvalue weighted by Crippen LogP contribution is -2.29. The number of benzene rings is 2. The predicted octanol–water partition coefficient (Wildman–Crippen LogP) is 5.68. The number of aryl methyl sites for hydroxylation is 2. The highest BCUT2D eigenvalue weighted by Gasteiger charge is 2.43. The van der Waals surface area contributed by atoms with Crippen molar-refractivity contribution in [1.82, 2.24) is 20.1 Å². The minimum atomic E-state index is -5.28. The number of rotatable bonds is 10. The molecule has 2 aromatic carbocycles. The van der Waals surface area contributed by atoms with Gasteiger partial charge in [-0.15, -0.1) is 0 Å². The zero-order chi connectivity index (χ0) is 29.5. The summed E-state index contributed by atoms with van der Waals surface area (Å²) in [5, 5.41) is 7.91. The van der Waals surface area contributed by atoms with Crippen molar-refractivity contribution in [3.8, 4) is 11.3 Å². The second-order valence-electron chi connectivity index (χ2n) is 9.95. The first kappa shape index (κ1) is 28.9. The molecule has 0 saturated heterocycles. The van der Waals surface area contributed by atoms with Gasteiger partial charge in [0.15, 0.2) is 5.69 Å². The maximum absolute atomic E-state index is 12.8. The SMILES string of the molecule is O=C(OC(=O)C(F)(F)F)c1c2c(nn1CCCNCCc1ccc(C=Cc3ccccc3)cc1)-c1ccncc1CC2. The number of nitrogens with zero attached hydrogens (tertiary/aromatic N) is 3. The van der Waals surface area contributed by atoms with Crippen molar-refractivity contribution in [2.24, 2.45) is 0 Å². The predicted molar refractivity (Wildman–Crippen MR) is 152 cm³/mol. The van der Waals surface area contributed by atoms with Crippen LogP contribution in [-0.4, -0.2) is 46.0 Å². The molecule has 10 heteroatoms. The van der Waals surface area contributed by atoms with Crippen molar-refractivity contribution in [2.75, 3.05) is 13.1 Å². The van der Waals surface area contributed by atoms with E-state index in [0.717, 1.165) is 35.2 Å². The molecule has 42 heavy (non-hydrogen) atoms. The van der Waals surface area contributed by atoms with Crippen LogP contribution in [0.25, 0.3) is 23.4 Å². The van der Waals surface area contributed by atoms with Crippen LogP contribution < -0.4 is 5.32 Å². The Kier molecular flexibility index (Phi) is 8.92. The van der Waals surface area contributed by atoms with E-state index in [-0.39, 0.29) is 12.2 Å². The average molecular weight is 575 g/mol. The zero-order valence-electron chi connectivity index (χ0n) is 22.7. The Hall–Kier alpha value is -4.57. The highest BCUT2D eigenvalue weighted by Crippen LogP contribution is 2.34. The number of carbonyl (C=O) groups excluding carboxylic acids is 2. The van der Waals surface area contributed by atoms with Gasteiger partial charge >= 0.3 is 18.1 Å². The van der Waals surface area contributed by atoms with E-state index in [0.29, 0.717) is 37.1 Å². The standard InChI is InChI=1S/C32H29F3N4O3/c33-32(34,35)31(41)42-30(40)29-27-14-13-25-21-37-19-16-26(25)28(27)38-39(29)20-4-17-36-18-15-24-11-9-23(10-12-24)8-7-22-5-2-1-3-6-22/h1-3,5-12,16,19,21,36H,4,13-15,17-18,20H2. The van der Waals surface area contributed by atoms with Gasteiger partial charge in [-0.2, -0.15) is 18.3 Å². The Morgan fingerprint density at radius 3 is 2.43 bits per heavy atom. The molecule has 0 unspecified atom stereocenters. The average Bonchev–Trinajstić information content (AvgIpc) is 3.37. The summed E-state index contributed by atoms with van der Waals surface area (Å²) in [6.07, 6.45) is 4.46. The molecular weight excluding hydrogens is 545 g/mol. The number of aromatic nitrogens is 3. The Bertz CT molecular complexity index is 1580. The quantitative estimate of drug-likeness (QED) is 0.114. The van der Waals surface area contributed by atoms with Gasteiger partial charge in [0.1, 0.15) is 0 Å². The number of alkyl halides is 3. The third-order valence-corrected chi connectivity index (χ3v) is 7.03. The largest absolute Gasteiger partial charge is 0.491 e. The van der Waals surface area contributed by atoms with Crippen LogP contribution in [0.4, 0.5) is 13.2 Å². The maximum Gasteiger partial charge on any atom is 0.491 e. The molecule has 0 radical (unpaired) electrons. The molecule has 0 atom stereocenters. The van der Waals surface area contributed by atoms with Gasteiger partial charge in [0.05, 0.1) is 5.69 Å². The molecule has 0 saturated carbocycles. The van der Waals surface area contributed by atoms with E-state index in [4.69, 9.17) is 0 Å². The van der Waals surface area contributed by atoms with E-state index in [1.54, 1.807) is 18.5 Å². The molecule has 5 rings (SSSR count). The van der Waals surface area contributed by atoms with Crippen LogP contribution in [0.5, 0.6) is 0 Å². The molecule has 1 aliphatic carbocycles. The van der Waals surface area contributed by atoms with Crippen molar-refractivity contribution in [2.45, 2.75) is 38.4 Å². The molecule has 7 nitrogen and oxygen atoms in total. The Balaban J connectivity index is 1.17. The van der Waals surface area contributed by atoms with E-state index in [2.05, 4.69) is 68.7 Å². The van der Waals surface area contributed by atoms with Crippen LogP contribution in [0.1, 0.15) is 44.7 Å². The van der Waals surface area contributed by atoms with E-state index < -0.39 is 18.1 Å². The summed E-state index contributed by atoms with van der Waals surface area (Å²) < 4.78 is 43.9. The highest BCUT2D eigenvalue weighted by molar-refractivity contribution is 5.99. The zero-order valence-corrected chi connectivity index (χ0v) is 22.7. The molecule has 0 amide bonds. The van der Waals surface area contributed by atoms with E-state index in [9.17, 15) is 22.8 Å². The fraction of sp³-hybridized carbons (Fsp3) is 0.250. The number of carbonyl (C=O) groups is 2. The molecule has 216 valence electrons. The van der Waals surface area contributed by atoms with Crippen LogP contribution in [0, 0.1) is 0 Å². The summed E-state index contributed by atoms with van der Waals surface area (Å²) in [7, 11) is 0. The number of hydrogen-bond acceptors (Lipinski definition) is 6. The molecule has 0 aliphatic heterocycles. The topological polar surface area (TPSA) is 86.1 Å². The molecule has 2 heterocycles. The maximum atomic E-state index is 12.8. The number of pyridine rings is 1. The number of fused-ring (bicyclic) bond motifs is 3. The fourth-order valence-electron chi connectivity index (χ4n) is 4.91. The highest BCUT2D eigenvalue weighted by atomic mass is 19.4. The van der Waals surface area contributed by atoms with Crippen LogP contribution in [0.15, 0.2) is 73.1 Å². The Morgan fingerprint density at radius 1 is 0.952 bits per heavy atom. The summed E-state index contributed by atoms with van der Waals surface area (Å²) in [5.74, 6) is -3.89. The summed E-state index contributed by atoms with van der Waals surface area (Å²) in [5.41, 5.74) is 6.00. The van der Waals surface area contributed by atoms with Crippen LogP contribution in [0.2, 0.25) is 0 Å². The van der Waals surface area contributed by atoms with Crippen molar-refractivity contribution in [3.05, 3.63) is 107 Å². The number of nitrogens with one attached hydrogen (secondary N) is 1. The molecule has 4 aromatic rings. The molecule has 1 aliphatic rings. The molecular formula is C32H29F3N4O3. The minimum absolute atomic E-state index is 0.119. The number of halogens is 3. The molecule has 2 aromatic heterocycles. The van der Waals surface area contributed by atoms with Crippen molar-refractivity contribution in [3.63, 3.8) is 0 Å². The van der Waals surface area contributed by atoms with Crippen LogP contribution in [0.3, 0.4) is 0 Å². The smallest absolute Gasteiger partial charge is 0.381 e. The normalized spacial score (nSPS) is 12.6. The third kappa shape index (κ3) is 7.01. The van der Waals surface area contributed by atoms with Gasteiger partial charge in [-0.05, 0) is 67.1 Å². The monoisotopic (exact) mass is 574 g/mol.